The minimum Gasteiger partial charge on any atom is -0.356 e. The van der Waals surface area contributed by atoms with Gasteiger partial charge in [0.15, 0.2) is 0 Å². The zero-order valence-corrected chi connectivity index (χ0v) is 16.1. The van der Waals surface area contributed by atoms with E-state index in [1.165, 1.54) is 0 Å². The highest BCUT2D eigenvalue weighted by atomic mass is 16.2. The standard InChI is InChI=1S/C21H24N6O/c1-16-11-24-18(12-23-16)13-27-15-21(8-6-20(27)28)7-3-9-26(14-21)19-5-2-4-17(10-22)25-19/h2,4-5,11-12H,3,6-9,13-15H2,1H3/t21-/m0/s1. The summed E-state index contributed by atoms with van der Waals surface area (Å²) in [7, 11) is 0. The fourth-order valence-electron chi connectivity index (χ4n) is 4.34. The number of nitrogens with zero attached hydrogens (tertiary/aromatic N) is 6. The molecular weight excluding hydrogens is 352 g/mol. The largest absolute Gasteiger partial charge is 0.356 e. The molecule has 0 bridgehead atoms. The Morgan fingerprint density at radius 1 is 1.21 bits per heavy atom. The monoisotopic (exact) mass is 376 g/mol. The summed E-state index contributed by atoms with van der Waals surface area (Å²) in [6.45, 7) is 4.94. The van der Waals surface area contributed by atoms with Gasteiger partial charge in [-0.15, -0.1) is 0 Å². The fraction of sp³-hybridized carbons (Fsp3) is 0.476. The molecule has 7 nitrogen and oxygen atoms in total. The summed E-state index contributed by atoms with van der Waals surface area (Å²) in [4.78, 5) is 29.9. The number of carbonyl (C=O) groups excluding carboxylic acids is 1. The Hall–Kier alpha value is -3.01. The number of amides is 1. The molecule has 2 aliphatic heterocycles. The van der Waals surface area contributed by atoms with E-state index in [-0.39, 0.29) is 11.3 Å². The van der Waals surface area contributed by atoms with Crippen LogP contribution in [-0.2, 0) is 11.3 Å². The van der Waals surface area contributed by atoms with Crippen molar-refractivity contribution in [3.05, 3.63) is 47.7 Å². The normalized spacial score (nSPS) is 22.4. The lowest BCUT2D eigenvalue weighted by Gasteiger charge is -2.48. The van der Waals surface area contributed by atoms with Crippen LogP contribution in [-0.4, -0.2) is 45.4 Å². The highest BCUT2D eigenvalue weighted by molar-refractivity contribution is 5.77. The number of nitriles is 1. The smallest absolute Gasteiger partial charge is 0.222 e. The summed E-state index contributed by atoms with van der Waals surface area (Å²) in [5, 5.41) is 9.14. The third-order valence-electron chi connectivity index (χ3n) is 5.77. The summed E-state index contributed by atoms with van der Waals surface area (Å²) in [5.74, 6) is 1.04. The van der Waals surface area contributed by atoms with Crippen LogP contribution in [0.2, 0.25) is 0 Å². The maximum absolute atomic E-state index is 12.5. The van der Waals surface area contributed by atoms with Crippen molar-refractivity contribution in [2.24, 2.45) is 5.41 Å². The van der Waals surface area contributed by atoms with Gasteiger partial charge < -0.3 is 9.80 Å². The topological polar surface area (TPSA) is 86.0 Å². The third kappa shape index (κ3) is 3.81. The van der Waals surface area contributed by atoms with Crippen molar-refractivity contribution in [2.45, 2.75) is 39.2 Å². The number of rotatable bonds is 3. The first kappa shape index (κ1) is 18.4. The van der Waals surface area contributed by atoms with Gasteiger partial charge in [0.1, 0.15) is 17.6 Å². The van der Waals surface area contributed by atoms with Crippen LogP contribution in [0.4, 0.5) is 5.82 Å². The van der Waals surface area contributed by atoms with Gasteiger partial charge in [0.05, 0.1) is 24.1 Å². The minimum absolute atomic E-state index is 0.0641. The van der Waals surface area contributed by atoms with Crippen molar-refractivity contribution in [1.82, 2.24) is 19.9 Å². The maximum Gasteiger partial charge on any atom is 0.222 e. The van der Waals surface area contributed by atoms with Crippen molar-refractivity contribution in [1.29, 1.82) is 5.26 Å². The molecule has 2 aromatic heterocycles. The second-order valence-corrected chi connectivity index (χ2v) is 7.92. The van der Waals surface area contributed by atoms with E-state index in [2.05, 4.69) is 25.9 Å². The molecule has 2 aliphatic rings. The van der Waals surface area contributed by atoms with E-state index < -0.39 is 0 Å². The van der Waals surface area contributed by atoms with Crippen LogP contribution in [0.1, 0.15) is 42.8 Å². The molecule has 28 heavy (non-hydrogen) atoms. The first-order valence-corrected chi connectivity index (χ1v) is 9.74. The van der Waals surface area contributed by atoms with E-state index in [4.69, 9.17) is 5.26 Å². The predicted octanol–water partition coefficient (Wildman–Crippen LogP) is 2.46. The molecule has 0 aromatic carbocycles. The van der Waals surface area contributed by atoms with E-state index in [1.54, 1.807) is 18.5 Å². The number of carbonyl (C=O) groups is 1. The van der Waals surface area contributed by atoms with Crippen molar-refractivity contribution < 1.29 is 4.79 Å². The molecular formula is C21H24N6O. The van der Waals surface area contributed by atoms with Crippen LogP contribution in [0, 0.1) is 23.7 Å². The van der Waals surface area contributed by atoms with Crippen LogP contribution >= 0.6 is 0 Å². The number of anilines is 1. The van der Waals surface area contributed by atoms with Gasteiger partial charge in [0, 0.05) is 37.7 Å². The van der Waals surface area contributed by atoms with E-state index in [0.29, 0.717) is 18.7 Å². The molecule has 0 N–H and O–H groups in total. The molecule has 2 fully saturated rings. The Bertz CT molecular complexity index is 906. The van der Waals surface area contributed by atoms with Crippen molar-refractivity contribution in [2.75, 3.05) is 24.5 Å². The van der Waals surface area contributed by atoms with Gasteiger partial charge >= 0.3 is 0 Å². The summed E-state index contributed by atoms with van der Waals surface area (Å²) in [5.41, 5.74) is 2.21. The van der Waals surface area contributed by atoms with Crippen LogP contribution in [0.3, 0.4) is 0 Å². The maximum atomic E-state index is 12.5. The number of likely N-dealkylation sites (tertiary alicyclic amines) is 1. The van der Waals surface area contributed by atoms with Gasteiger partial charge in [-0.25, -0.2) is 4.98 Å². The predicted molar refractivity (Wildman–Crippen MR) is 104 cm³/mol. The van der Waals surface area contributed by atoms with E-state index in [1.807, 2.05) is 24.0 Å². The Kier molecular flexibility index (Phi) is 4.95. The van der Waals surface area contributed by atoms with Gasteiger partial charge in [0.25, 0.3) is 0 Å². The summed E-state index contributed by atoms with van der Waals surface area (Å²) >= 11 is 0. The summed E-state index contributed by atoms with van der Waals surface area (Å²) in [6.07, 6.45) is 7.13. The molecule has 0 unspecified atom stereocenters. The number of hydrogen-bond acceptors (Lipinski definition) is 6. The summed E-state index contributed by atoms with van der Waals surface area (Å²) in [6, 6.07) is 7.70. The number of hydrogen-bond donors (Lipinski definition) is 0. The lowest BCUT2D eigenvalue weighted by molar-refractivity contribution is -0.138. The van der Waals surface area contributed by atoms with Gasteiger partial charge in [-0.2, -0.15) is 5.26 Å². The molecule has 0 saturated carbocycles. The number of aromatic nitrogens is 3. The second-order valence-electron chi connectivity index (χ2n) is 7.92. The molecule has 4 heterocycles. The minimum atomic E-state index is 0.0641. The number of pyridine rings is 1. The average molecular weight is 376 g/mol. The SMILES string of the molecule is Cc1cnc(CN2C[C@@]3(CCCN(c4cccc(C#N)n4)C3)CCC2=O)cn1. The fourth-order valence-corrected chi connectivity index (χ4v) is 4.34. The zero-order valence-electron chi connectivity index (χ0n) is 16.1. The third-order valence-corrected chi connectivity index (χ3v) is 5.77. The Balaban J connectivity index is 1.50. The Morgan fingerprint density at radius 2 is 2.11 bits per heavy atom. The molecule has 0 radical (unpaired) electrons. The first-order chi connectivity index (χ1) is 13.6. The van der Waals surface area contributed by atoms with Crippen molar-refractivity contribution in [3.63, 3.8) is 0 Å². The highest BCUT2D eigenvalue weighted by Gasteiger charge is 2.42. The van der Waals surface area contributed by atoms with Gasteiger partial charge in [-0.3, -0.25) is 14.8 Å². The Morgan fingerprint density at radius 3 is 2.89 bits per heavy atom. The van der Waals surface area contributed by atoms with E-state index >= 15 is 0 Å². The lowest BCUT2D eigenvalue weighted by atomic mass is 9.73. The lowest BCUT2D eigenvalue weighted by Crippen LogP contribution is -2.54. The molecule has 1 spiro atoms. The van der Waals surface area contributed by atoms with Crippen LogP contribution in [0.25, 0.3) is 0 Å². The quantitative estimate of drug-likeness (QED) is 0.818. The molecule has 1 amide bonds. The Labute approximate surface area is 165 Å². The van der Waals surface area contributed by atoms with E-state index in [9.17, 15) is 4.79 Å². The van der Waals surface area contributed by atoms with E-state index in [0.717, 1.165) is 56.1 Å². The first-order valence-electron chi connectivity index (χ1n) is 9.74. The average Bonchev–Trinajstić information content (AvgIpc) is 2.73. The van der Waals surface area contributed by atoms with Crippen LogP contribution < -0.4 is 4.90 Å². The second kappa shape index (κ2) is 7.55. The van der Waals surface area contributed by atoms with Crippen LogP contribution in [0.15, 0.2) is 30.6 Å². The molecule has 7 heteroatoms. The van der Waals surface area contributed by atoms with Crippen molar-refractivity contribution in [3.8, 4) is 6.07 Å². The highest BCUT2D eigenvalue weighted by Crippen LogP contribution is 2.40. The van der Waals surface area contributed by atoms with Crippen molar-refractivity contribution >= 4 is 11.7 Å². The molecule has 144 valence electrons. The van der Waals surface area contributed by atoms with Crippen LogP contribution in [0.5, 0.6) is 0 Å². The van der Waals surface area contributed by atoms with Gasteiger partial charge in [-0.1, -0.05) is 6.07 Å². The molecule has 2 aromatic rings. The molecule has 1 atom stereocenters. The number of piperidine rings is 2. The number of aryl methyl sites for hydroxylation is 1. The molecule has 4 rings (SSSR count). The zero-order chi connectivity index (χ0) is 19.6. The van der Waals surface area contributed by atoms with Gasteiger partial charge in [-0.05, 0) is 38.3 Å². The molecule has 2 saturated heterocycles. The van der Waals surface area contributed by atoms with Gasteiger partial charge in [0.2, 0.25) is 5.91 Å². The summed E-state index contributed by atoms with van der Waals surface area (Å²) < 4.78 is 0. The molecule has 0 aliphatic carbocycles.